The molecule has 1 saturated heterocycles. The van der Waals surface area contributed by atoms with Crippen molar-refractivity contribution in [1.29, 1.82) is 0 Å². The highest BCUT2D eigenvalue weighted by molar-refractivity contribution is 8.00. The van der Waals surface area contributed by atoms with E-state index >= 15 is 0 Å². The highest BCUT2D eigenvalue weighted by Gasteiger charge is 2.15. The Kier molecular flexibility index (Phi) is 6.49. The third-order valence-corrected chi connectivity index (χ3v) is 5.78. The van der Waals surface area contributed by atoms with Gasteiger partial charge in [0.2, 0.25) is 0 Å². The molecule has 2 aromatic rings. The zero-order valence-electron chi connectivity index (χ0n) is 16.2. The molecule has 2 aromatic carbocycles. The monoisotopic (exact) mass is 371 g/mol. The van der Waals surface area contributed by atoms with Crippen LogP contribution in [-0.2, 0) is 4.74 Å². The Labute approximate surface area is 161 Å². The number of hydrogen-bond acceptors (Lipinski definition) is 4. The van der Waals surface area contributed by atoms with E-state index in [0.717, 1.165) is 18.1 Å². The molecule has 1 unspecified atom stereocenters. The van der Waals surface area contributed by atoms with E-state index in [4.69, 9.17) is 9.47 Å². The zero-order valence-corrected chi connectivity index (χ0v) is 17.1. The lowest BCUT2D eigenvalue weighted by molar-refractivity contribution is 0.203. The fourth-order valence-corrected chi connectivity index (χ4v) is 4.41. The number of ether oxygens (including phenoxy) is 2. The molecule has 0 amide bonds. The summed E-state index contributed by atoms with van der Waals surface area (Å²) in [7, 11) is 1.74. The van der Waals surface area contributed by atoms with Crippen molar-refractivity contribution in [1.82, 2.24) is 0 Å². The van der Waals surface area contributed by atoms with E-state index in [1.165, 1.54) is 47.6 Å². The molecule has 4 heteroatoms. The van der Waals surface area contributed by atoms with Crippen molar-refractivity contribution in [3.8, 4) is 11.5 Å². The van der Waals surface area contributed by atoms with E-state index in [2.05, 4.69) is 62.1 Å². The predicted octanol–water partition coefficient (Wildman–Crippen LogP) is 5.82. The van der Waals surface area contributed by atoms with Crippen molar-refractivity contribution in [2.45, 2.75) is 43.8 Å². The summed E-state index contributed by atoms with van der Waals surface area (Å²) < 4.78 is 11.4. The summed E-state index contributed by atoms with van der Waals surface area (Å²) in [5.74, 6) is 1.86. The second kappa shape index (κ2) is 8.83. The number of anilines is 1. The highest BCUT2D eigenvalue weighted by atomic mass is 32.2. The van der Waals surface area contributed by atoms with E-state index in [1.54, 1.807) is 7.11 Å². The Bertz CT molecular complexity index is 700. The Hall–Kier alpha value is -1.65. The van der Waals surface area contributed by atoms with Crippen LogP contribution in [0.15, 0.2) is 41.3 Å². The molecule has 1 fully saturated rings. The van der Waals surface area contributed by atoms with Crippen molar-refractivity contribution >= 4 is 17.4 Å². The average Bonchev–Trinajstić information content (AvgIpc) is 3.14. The van der Waals surface area contributed by atoms with Gasteiger partial charge in [0, 0.05) is 36.0 Å². The summed E-state index contributed by atoms with van der Waals surface area (Å²) in [6.45, 7) is 9.54. The average molecular weight is 372 g/mol. The Morgan fingerprint density at radius 1 is 1.04 bits per heavy atom. The van der Waals surface area contributed by atoms with Gasteiger partial charge in [-0.1, -0.05) is 6.92 Å². The molecule has 1 heterocycles. The molecule has 0 aliphatic carbocycles. The van der Waals surface area contributed by atoms with Crippen LogP contribution in [0.3, 0.4) is 0 Å². The molecule has 0 bridgehead atoms. The predicted molar refractivity (Wildman–Crippen MR) is 111 cm³/mol. The number of benzene rings is 2. The largest absolute Gasteiger partial charge is 0.457 e. The number of thioether (sulfide) groups is 1. The summed E-state index contributed by atoms with van der Waals surface area (Å²) >= 11 is 1.82. The van der Waals surface area contributed by atoms with Crippen molar-refractivity contribution < 1.29 is 9.47 Å². The van der Waals surface area contributed by atoms with Gasteiger partial charge in [0.05, 0.1) is 6.61 Å². The minimum atomic E-state index is 0.439. The molecule has 1 atom stereocenters. The first-order valence-corrected chi connectivity index (χ1v) is 10.2. The molecule has 0 saturated carbocycles. The molecule has 1 aliphatic rings. The smallest absolute Gasteiger partial charge is 0.133 e. The molecule has 0 radical (unpaired) electrons. The van der Waals surface area contributed by atoms with Gasteiger partial charge in [-0.15, -0.1) is 11.8 Å². The first-order chi connectivity index (χ1) is 12.6. The third kappa shape index (κ3) is 4.74. The molecular weight excluding hydrogens is 342 g/mol. The Morgan fingerprint density at radius 3 is 2.23 bits per heavy atom. The van der Waals surface area contributed by atoms with Crippen LogP contribution in [0.25, 0.3) is 0 Å². The summed E-state index contributed by atoms with van der Waals surface area (Å²) in [5, 5.41) is 0.439. The maximum Gasteiger partial charge on any atom is 0.133 e. The number of methoxy groups -OCH3 is 1. The van der Waals surface area contributed by atoms with Crippen LogP contribution in [-0.4, -0.2) is 32.1 Å². The molecule has 0 N–H and O–H groups in total. The quantitative estimate of drug-likeness (QED) is 0.571. The van der Waals surface area contributed by atoms with Gasteiger partial charge in [0.15, 0.2) is 0 Å². The van der Waals surface area contributed by atoms with Gasteiger partial charge in [-0.2, -0.15) is 0 Å². The van der Waals surface area contributed by atoms with Crippen LogP contribution >= 0.6 is 11.8 Å². The lowest BCUT2D eigenvalue weighted by Crippen LogP contribution is -2.17. The fourth-order valence-electron chi connectivity index (χ4n) is 3.45. The SMILES string of the molecule is COCC(C)Sc1ccc(Oc2c(C)cc(N3CCCC3)cc2C)cc1. The first-order valence-electron chi connectivity index (χ1n) is 9.36. The van der Waals surface area contributed by atoms with Crippen molar-refractivity contribution in [2.75, 3.05) is 31.7 Å². The van der Waals surface area contributed by atoms with Crippen molar-refractivity contribution in [2.24, 2.45) is 0 Å². The van der Waals surface area contributed by atoms with Crippen molar-refractivity contribution in [3.05, 3.63) is 47.5 Å². The molecule has 0 spiro atoms. The minimum absolute atomic E-state index is 0.439. The van der Waals surface area contributed by atoms with E-state index in [0.29, 0.717) is 5.25 Å². The lowest BCUT2D eigenvalue weighted by Gasteiger charge is -2.21. The molecular formula is C22H29NO2S. The van der Waals surface area contributed by atoms with Gasteiger partial charge in [-0.25, -0.2) is 0 Å². The molecule has 3 nitrogen and oxygen atoms in total. The third-order valence-electron chi connectivity index (χ3n) is 4.70. The van der Waals surface area contributed by atoms with Crippen LogP contribution in [0.1, 0.15) is 30.9 Å². The second-order valence-corrected chi connectivity index (χ2v) is 8.57. The van der Waals surface area contributed by atoms with Gasteiger partial charge in [0.1, 0.15) is 11.5 Å². The zero-order chi connectivity index (χ0) is 18.5. The summed E-state index contributed by atoms with van der Waals surface area (Å²) in [6.07, 6.45) is 2.59. The number of aryl methyl sites for hydroxylation is 2. The van der Waals surface area contributed by atoms with E-state index in [9.17, 15) is 0 Å². The standard InChI is InChI=1S/C22H29NO2S/c1-16-13-19(23-11-5-6-12-23)14-17(2)22(16)25-20-7-9-21(10-8-20)26-18(3)15-24-4/h7-10,13-14,18H,5-6,11-12,15H2,1-4H3. The summed E-state index contributed by atoms with van der Waals surface area (Å²) in [5.41, 5.74) is 3.71. The number of nitrogens with zero attached hydrogens (tertiary/aromatic N) is 1. The number of hydrogen-bond donors (Lipinski definition) is 0. The highest BCUT2D eigenvalue weighted by Crippen LogP contribution is 2.34. The van der Waals surface area contributed by atoms with Gasteiger partial charge in [0.25, 0.3) is 0 Å². The lowest BCUT2D eigenvalue weighted by atomic mass is 10.1. The van der Waals surface area contributed by atoms with Gasteiger partial charge in [-0.05, 0) is 74.2 Å². The maximum atomic E-state index is 6.21. The van der Waals surface area contributed by atoms with E-state index < -0.39 is 0 Å². The topological polar surface area (TPSA) is 21.7 Å². The van der Waals surface area contributed by atoms with Crippen LogP contribution in [0.5, 0.6) is 11.5 Å². The first kappa shape index (κ1) is 19.1. The molecule has 1 aliphatic heterocycles. The van der Waals surface area contributed by atoms with Crippen molar-refractivity contribution in [3.63, 3.8) is 0 Å². The number of rotatable bonds is 7. The second-order valence-electron chi connectivity index (χ2n) is 7.06. The summed E-state index contributed by atoms with van der Waals surface area (Å²) in [4.78, 5) is 3.71. The van der Waals surface area contributed by atoms with E-state index in [-0.39, 0.29) is 0 Å². The van der Waals surface area contributed by atoms with Crippen LogP contribution in [0.4, 0.5) is 5.69 Å². The van der Waals surface area contributed by atoms with E-state index in [1.807, 2.05) is 11.8 Å². The van der Waals surface area contributed by atoms with Crippen LogP contribution in [0.2, 0.25) is 0 Å². The Balaban J connectivity index is 1.70. The maximum absolute atomic E-state index is 6.21. The van der Waals surface area contributed by atoms with Gasteiger partial charge >= 0.3 is 0 Å². The molecule has 26 heavy (non-hydrogen) atoms. The van der Waals surface area contributed by atoms with Crippen LogP contribution in [0, 0.1) is 13.8 Å². The molecule has 140 valence electrons. The Morgan fingerprint density at radius 2 is 1.65 bits per heavy atom. The molecule has 0 aromatic heterocycles. The normalized spacial score (nSPS) is 15.3. The fraction of sp³-hybridized carbons (Fsp3) is 0.455. The molecule has 3 rings (SSSR count). The van der Waals surface area contributed by atoms with Crippen LogP contribution < -0.4 is 9.64 Å². The minimum Gasteiger partial charge on any atom is -0.457 e. The van der Waals surface area contributed by atoms with Gasteiger partial charge < -0.3 is 14.4 Å². The van der Waals surface area contributed by atoms with Gasteiger partial charge in [-0.3, -0.25) is 0 Å². The summed E-state index contributed by atoms with van der Waals surface area (Å²) in [6, 6.07) is 12.9.